The number of furan rings is 1. The molecule has 0 saturated carbocycles. The Balaban J connectivity index is 1.02. The summed E-state index contributed by atoms with van der Waals surface area (Å²) in [5.41, 5.74) is 13.6. The number of para-hydroxylation sites is 1. The van der Waals surface area contributed by atoms with Gasteiger partial charge in [0, 0.05) is 27.5 Å². The largest absolute Gasteiger partial charge is 0.456 e. The molecule has 0 saturated heterocycles. The van der Waals surface area contributed by atoms with Crippen molar-refractivity contribution >= 4 is 32.7 Å². The highest BCUT2D eigenvalue weighted by Crippen LogP contribution is 2.42. The Kier molecular flexibility index (Phi) is 8.45. The van der Waals surface area contributed by atoms with E-state index in [4.69, 9.17) is 19.4 Å². The topological polar surface area (TPSA) is 51.8 Å². The lowest BCUT2D eigenvalue weighted by molar-refractivity contribution is 0.669. The Morgan fingerprint density at radius 1 is 0.254 bits per heavy atom. The van der Waals surface area contributed by atoms with Gasteiger partial charge in [-0.3, -0.25) is 0 Å². The molecule has 0 aliphatic carbocycles. The summed E-state index contributed by atoms with van der Waals surface area (Å²) in [6.07, 6.45) is 0. The first-order chi connectivity index (χ1) is 29.2. The van der Waals surface area contributed by atoms with Gasteiger partial charge in [-0.2, -0.15) is 0 Å². The molecule has 4 nitrogen and oxygen atoms in total. The van der Waals surface area contributed by atoms with Crippen LogP contribution in [0.5, 0.6) is 0 Å². The first-order valence-electron chi connectivity index (χ1n) is 19.9. The molecular formula is C55H35N3O. The van der Waals surface area contributed by atoms with Crippen LogP contribution in [0, 0.1) is 0 Å². The van der Waals surface area contributed by atoms with Crippen molar-refractivity contribution in [3.63, 3.8) is 0 Å². The van der Waals surface area contributed by atoms with E-state index >= 15 is 0 Å². The predicted molar refractivity (Wildman–Crippen MR) is 243 cm³/mol. The molecule has 0 aliphatic rings. The fraction of sp³-hybridized carbons (Fsp3) is 0. The van der Waals surface area contributed by atoms with E-state index in [0.717, 1.165) is 77.6 Å². The van der Waals surface area contributed by atoms with Crippen molar-refractivity contribution in [2.24, 2.45) is 0 Å². The van der Waals surface area contributed by atoms with Gasteiger partial charge in [-0.15, -0.1) is 0 Å². The lowest BCUT2D eigenvalue weighted by Crippen LogP contribution is -2.01. The highest BCUT2D eigenvalue weighted by Gasteiger charge is 2.18. The number of rotatable bonds is 7. The molecule has 4 heteroatoms. The first-order valence-corrected chi connectivity index (χ1v) is 19.9. The van der Waals surface area contributed by atoms with E-state index < -0.39 is 0 Å². The van der Waals surface area contributed by atoms with Gasteiger partial charge in [-0.25, -0.2) is 15.0 Å². The predicted octanol–water partition coefficient (Wildman–Crippen LogP) is 14.6. The Morgan fingerprint density at radius 2 is 0.746 bits per heavy atom. The van der Waals surface area contributed by atoms with Gasteiger partial charge in [0.05, 0.1) is 0 Å². The van der Waals surface area contributed by atoms with Crippen molar-refractivity contribution in [1.29, 1.82) is 0 Å². The molecule has 11 rings (SSSR count). The third kappa shape index (κ3) is 6.24. The summed E-state index contributed by atoms with van der Waals surface area (Å²) in [4.78, 5) is 15.5. The zero-order valence-electron chi connectivity index (χ0n) is 32.0. The van der Waals surface area contributed by atoms with Crippen molar-refractivity contribution in [3.8, 4) is 78.7 Å². The standard InChI is InChI=1S/C55H35N3O/c1-3-15-36(16-4-1)40-19-13-20-41(35-40)54-56-53(57-55(58-54)48-24-10-7-21-42(48)37-17-5-2-6-18-37)39-31-29-38(30-32-39)43-33-34-46(45-23-9-8-22-44(43)45)47-26-14-28-51-52(47)49-25-11-12-27-50(49)59-51/h1-35H. The minimum absolute atomic E-state index is 0.616. The van der Waals surface area contributed by atoms with Gasteiger partial charge in [0.1, 0.15) is 11.2 Å². The summed E-state index contributed by atoms with van der Waals surface area (Å²) in [5, 5.41) is 4.63. The fourth-order valence-corrected chi connectivity index (χ4v) is 8.35. The van der Waals surface area contributed by atoms with Gasteiger partial charge < -0.3 is 4.42 Å². The number of fused-ring (bicyclic) bond motifs is 4. The minimum Gasteiger partial charge on any atom is -0.456 e. The third-order valence-electron chi connectivity index (χ3n) is 11.2. The monoisotopic (exact) mass is 753 g/mol. The van der Waals surface area contributed by atoms with E-state index in [1.165, 1.54) is 16.3 Å². The van der Waals surface area contributed by atoms with Crippen LogP contribution in [0.4, 0.5) is 0 Å². The third-order valence-corrected chi connectivity index (χ3v) is 11.2. The molecule has 9 aromatic carbocycles. The van der Waals surface area contributed by atoms with Gasteiger partial charge in [-0.1, -0.05) is 194 Å². The summed E-state index contributed by atoms with van der Waals surface area (Å²) in [6.45, 7) is 0. The molecule has 0 fully saturated rings. The Labute approximate surface area is 341 Å². The van der Waals surface area contributed by atoms with Crippen LogP contribution in [-0.2, 0) is 0 Å². The molecule has 0 aliphatic heterocycles. The highest BCUT2D eigenvalue weighted by atomic mass is 16.3. The Morgan fingerprint density at radius 3 is 1.53 bits per heavy atom. The molecule has 0 unspecified atom stereocenters. The quantitative estimate of drug-likeness (QED) is 0.163. The first kappa shape index (κ1) is 34.3. The second-order valence-electron chi connectivity index (χ2n) is 14.7. The number of hydrogen-bond donors (Lipinski definition) is 0. The van der Waals surface area contributed by atoms with Crippen molar-refractivity contribution < 1.29 is 4.42 Å². The summed E-state index contributed by atoms with van der Waals surface area (Å²) < 4.78 is 6.27. The molecule has 0 amide bonds. The van der Waals surface area contributed by atoms with Gasteiger partial charge in [0.15, 0.2) is 17.5 Å². The zero-order valence-corrected chi connectivity index (χ0v) is 32.0. The number of aromatic nitrogens is 3. The average molecular weight is 754 g/mol. The van der Waals surface area contributed by atoms with Crippen LogP contribution in [0.2, 0.25) is 0 Å². The number of nitrogens with zero attached hydrogens (tertiary/aromatic N) is 3. The lowest BCUT2D eigenvalue weighted by Gasteiger charge is -2.14. The molecule has 0 radical (unpaired) electrons. The molecule has 276 valence electrons. The zero-order chi connectivity index (χ0) is 39.1. The van der Waals surface area contributed by atoms with Crippen molar-refractivity contribution in [2.45, 2.75) is 0 Å². The minimum atomic E-state index is 0.616. The van der Waals surface area contributed by atoms with E-state index in [1.54, 1.807) is 0 Å². The van der Waals surface area contributed by atoms with Crippen LogP contribution in [0.25, 0.3) is 111 Å². The Bertz CT molecular complexity index is 3320. The van der Waals surface area contributed by atoms with Crippen molar-refractivity contribution in [3.05, 3.63) is 212 Å². The summed E-state index contributed by atoms with van der Waals surface area (Å²) in [7, 11) is 0. The molecule has 2 heterocycles. The summed E-state index contributed by atoms with van der Waals surface area (Å²) in [5.74, 6) is 1.86. The van der Waals surface area contributed by atoms with Gasteiger partial charge in [-0.05, 0) is 73.5 Å². The molecular weight excluding hydrogens is 719 g/mol. The highest BCUT2D eigenvalue weighted by molar-refractivity contribution is 6.16. The van der Waals surface area contributed by atoms with Crippen LogP contribution >= 0.6 is 0 Å². The molecule has 59 heavy (non-hydrogen) atoms. The van der Waals surface area contributed by atoms with Crippen LogP contribution in [0.15, 0.2) is 217 Å². The molecule has 0 spiro atoms. The van der Waals surface area contributed by atoms with Gasteiger partial charge in [0.2, 0.25) is 0 Å². The molecule has 11 aromatic rings. The number of benzene rings is 9. The van der Waals surface area contributed by atoms with E-state index in [2.05, 4.69) is 182 Å². The van der Waals surface area contributed by atoms with Gasteiger partial charge >= 0.3 is 0 Å². The second-order valence-corrected chi connectivity index (χ2v) is 14.7. The van der Waals surface area contributed by atoms with Crippen LogP contribution in [0.1, 0.15) is 0 Å². The fourth-order valence-electron chi connectivity index (χ4n) is 8.35. The van der Waals surface area contributed by atoms with Crippen LogP contribution < -0.4 is 0 Å². The second kappa shape index (κ2) is 14.5. The summed E-state index contributed by atoms with van der Waals surface area (Å²) >= 11 is 0. The smallest absolute Gasteiger partial charge is 0.164 e. The SMILES string of the molecule is c1ccc(-c2cccc(-c3nc(-c4ccc(-c5ccc(-c6cccc7oc8ccccc8c67)c6ccccc56)cc4)nc(-c4ccccc4-c4ccccc4)n3)c2)cc1. The summed E-state index contributed by atoms with van der Waals surface area (Å²) in [6, 6.07) is 74.0. The Hall–Kier alpha value is -7.95. The van der Waals surface area contributed by atoms with Crippen LogP contribution in [-0.4, -0.2) is 15.0 Å². The average Bonchev–Trinajstić information content (AvgIpc) is 3.71. The maximum atomic E-state index is 6.27. The molecule has 0 atom stereocenters. The maximum absolute atomic E-state index is 6.27. The van der Waals surface area contributed by atoms with E-state index in [-0.39, 0.29) is 0 Å². The molecule has 0 bridgehead atoms. The van der Waals surface area contributed by atoms with Crippen molar-refractivity contribution in [1.82, 2.24) is 15.0 Å². The van der Waals surface area contributed by atoms with Crippen molar-refractivity contribution in [2.75, 3.05) is 0 Å². The maximum Gasteiger partial charge on any atom is 0.164 e. The normalized spacial score (nSPS) is 11.4. The van der Waals surface area contributed by atoms with Crippen LogP contribution in [0.3, 0.4) is 0 Å². The number of hydrogen-bond acceptors (Lipinski definition) is 4. The molecule has 2 aromatic heterocycles. The lowest BCUT2D eigenvalue weighted by atomic mass is 9.90. The molecule has 0 N–H and O–H groups in total. The van der Waals surface area contributed by atoms with E-state index in [9.17, 15) is 0 Å². The van der Waals surface area contributed by atoms with E-state index in [0.29, 0.717) is 17.5 Å². The van der Waals surface area contributed by atoms with E-state index in [1.807, 2.05) is 30.3 Å². The van der Waals surface area contributed by atoms with Gasteiger partial charge in [0.25, 0.3) is 0 Å².